The van der Waals surface area contributed by atoms with Gasteiger partial charge in [0.2, 0.25) is 5.91 Å². The average molecular weight is 381 g/mol. The van der Waals surface area contributed by atoms with E-state index < -0.39 is 0 Å². The molecule has 5 heteroatoms. The van der Waals surface area contributed by atoms with Gasteiger partial charge in [-0.25, -0.2) is 4.39 Å². The lowest BCUT2D eigenvalue weighted by Crippen LogP contribution is -2.49. The highest BCUT2D eigenvalue weighted by atomic mass is 35.5. The van der Waals surface area contributed by atoms with Gasteiger partial charge in [-0.1, -0.05) is 18.6 Å². The summed E-state index contributed by atoms with van der Waals surface area (Å²) in [6.07, 6.45) is 8.27. The van der Waals surface area contributed by atoms with Crippen LogP contribution in [0.25, 0.3) is 0 Å². The number of carbonyl (C=O) groups excluding carboxylic acids is 1. The van der Waals surface area contributed by atoms with E-state index in [1.165, 1.54) is 5.56 Å². The molecular weight excluding hydrogens is 351 g/mol. The third-order valence-electron chi connectivity index (χ3n) is 6.70. The Bertz CT molecular complexity index is 653. The van der Waals surface area contributed by atoms with Crippen molar-refractivity contribution in [2.45, 2.75) is 82.3 Å². The summed E-state index contributed by atoms with van der Waals surface area (Å²) in [5, 5.41) is 0. The molecule has 1 unspecified atom stereocenters. The van der Waals surface area contributed by atoms with Gasteiger partial charge in [-0.2, -0.15) is 0 Å². The number of halogens is 2. The largest absolute Gasteiger partial charge is 0.336 e. The van der Waals surface area contributed by atoms with E-state index in [0.717, 1.165) is 56.9 Å². The SMILES string of the molecule is Cc1cc(C2C[C@H]3CC[C@@H](C2)N3C(=O)[C@@H]2CCC[C@H](N)C2)ccc1F.Cl. The standard InChI is InChI=1S/C21H29FN2O.ClH/c1-13-9-14(5-8-20(13)22)16-11-18-6-7-19(12-16)24(18)21(25)15-3-2-4-17(23)10-15;/h5,8-9,15-19H,2-4,6-7,10-12,23H2,1H3;1H/t15-,16?,17+,18-,19+;/m1./s1. The molecule has 3 aliphatic rings. The molecule has 0 radical (unpaired) electrons. The molecule has 3 nitrogen and oxygen atoms in total. The van der Waals surface area contributed by atoms with Crippen LogP contribution in [0.5, 0.6) is 0 Å². The highest BCUT2D eigenvalue weighted by Crippen LogP contribution is 2.44. The number of hydrogen-bond acceptors (Lipinski definition) is 2. The normalized spacial score (nSPS) is 33.7. The maximum Gasteiger partial charge on any atom is 0.226 e. The summed E-state index contributed by atoms with van der Waals surface area (Å²) >= 11 is 0. The van der Waals surface area contributed by atoms with E-state index in [2.05, 4.69) is 4.90 Å². The fourth-order valence-corrected chi connectivity index (χ4v) is 5.39. The van der Waals surface area contributed by atoms with Crippen LogP contribution < -0.4 is 5.73 Å². The topological polar surface area (TPSA) is 46.3 Å². The predicted molar refractivity (Wildman–Crippen MR) is 104 cm³/mol. The second-order valence-electron chi connectivity index (χ2n) is 8.43. The van der Waals surface area contributed by atoms with E-state index in [9.17, 15) is 9.18 Å². The number of piperidine rings is 1. The summed E-state index contributed by atoms with van der Waals surface area (Å²) in [5.41, 5.74) is 8.06. The highest BCUT2D eigenvalue weighted by molar-refractivity contribution is 5.85. The first-order valence-electron chi connectivity index (χ1n) is 9.86. The van der Waals surface area contributed by atoms with Crippen molar-refractivity contribution in [3.8, 4) is 0 Å². The van der Waals surface area contributed by atoms with E-state index in [0.29, 0.717) is 23.9 Å². The van der Waals surface area contributed by atoms with Crippen LogP contribution in [0.3, 0.4) is 0 Å². The van der Waals surface area contributed by atoms with Crippen LogP contribution in [-0.4, -0.2) is 28.9 Å². The van der Waals surface area contributed by atoms with E-state index in [4.69, 9.17) is 5.73 Å². The van der Waals surface area contributed by atoms with Crippen LogP contribution in [0.2, 0.25) is 0 Å². The predicted octanol–water partition coefficient (Wildman–Crippen LogP) is 4.31. The van der Waals surface area contributed by atoms with Gasteiger partial charge in [-0.3, -0.25) is 4.79 Å². The molecule has 1 aromatic rings. The second-order valence-corrected chi connectivity index (χ2v) is 8.43. The van der Waals surface area contributed by atoms with E-state index in [1.54, 1.807) is 6.07 Å². The molecule has 144 valence electrons. The van der Waals surface area contributed by atoms with Crippen LogP contribution in [-0.2, 0) is 4.79 Å². The highest BCUT2D eigenvalue weighted by Gasteiger charge is 2.45. The minimum absolute atomic E-state index is 0. The first kappa shape index (κ1) is 19.6. The number of rotatable bonds is 2. The minimum atomic E-state index is -0.132. The van der Waals surface area contributed by atoms with Crippen molar-refractivity contribution < 1.29 is 9.18 Å². The lowest BCUT2D eigenvalue weighted by molar-refractivity contribution is -0.141. The van der Waals surface area contributed by atoms with Gasteiger partial charge >= 0.3 is 0 Å². The Balaban J connectivity index is 0.00000196. The zero-order valence-corrected chi connectivity index (χ0v) is 16.3. The molecule has 1 aliphatic carbocycles. The van der Waals surface area contributed by atoms with Crippen molar-refractivity contribution in [2.75, 3.05) is 0 Å². The number of fused-ring (bicyclic) bond motifs is 2. The van der Waals surface area contributed by atoms with Crippen molar-refractivity contribution in [1.82, 2.24) is 4.90 Å². The van der Waals surface area contributed by atoms with Crippen LogP contribution >= 0.6 is 12.4 Å². The van der Waals surface area contributed by atoms with Crippen molar-refractivity contribution in [1.29, 1.82) is 0 Å². The minimum Gasteiger partial charge on any atom is -0.336 e. The van der Waals surface area contributed by atoms with Crippen LogP contribution in [0.15, 0.2) is 18.2 Å². The first-order valence-corrected chi connectivity index (χ1v) is 9.86. The Kier molecular flexibility index (Phi) is 5.93. The van der Waals surface area contributed by atoms with Crippen molar-refractivity contribution in [2.24, 2.45) is 11.7 Å². The molecule has 2 N–H and O–H groups in total. The molecule has 5 atom stereocenters. The zero-order chi connectivity index (χ0) is 17.6. The Labute approximate surface area is 161 Å². The van der Waals surface area contributed by atoms with Crippen LogP contribution in [0, 0.1) is 18.7 Å². The van der Waals surface area contributed by atoms with Crippen molar-refractivity contribution in [3.05, 3.63) is 35.1 Å². The van der Waals surface area contributed by atoms with Gasteiger partial charge in [0, 0.05) is 24.0 Å². The molecule has 1 saturated carbocycles. The fraction of sp³-hybridized carbons (Fsp3) is 0.667. The van der Waals surface area contributed by atoms with E-state index >= 15 is 0 Å². The molecule has 3 fully saturated rings. The number of amides is 1. The summed E-state index contributed by atoms with van der Waals surface area (Å²) in [6, 6.07) is 6.44. The number of benzene rings is 1. The van der Waals surface area contributed by atoms with Gasteiger partial charge in [0.25, 0.3) is 0 Å². The Morgan fingerprint density at radius 1 is 1.12 bits per heavy atom. The molecule has 0 spiro atoms. The number of nitrogens with two attached hydrogens (primary N) is 1. The maximum atomic E-state index is 13.6. The lowest BCUT2D eigenvalue weighted by Gasteiger charge is -2.42. The van der Waals surface area contributed by atoms with Gasteiger partial charge < -0.3 is 10.6 Å². The van der Waals surface area contributed by atoms with Gasteiger partial charge in [-0.15, -0.1) is 12.4 Å². The third kappa shape index (κ3) is 3.63. The van der Waals surface area contributed by atoms with E-state index in [1.807, 2.05) is 19.1 Å². The molecular formula is C21H30ClFN2O. The second kappa shape index (κ2) is 7.85. The number of hydrogen-bond donors (Lipinski definition) is 1. The third-order valence-corrected chi connectivity index (χ3v) is 6.70. The molecule has 2 aliphatic heterocycles. The number of aryl methyl sites for hydroxylation is 1. The quantitative estimate of drug-likeness (QED) is 0.830. The lowest BCUT2D eigenvalue weighted by atomic mass is 9.81. The smallest absolute Gasteiger partial charge is 0.226 e. The van der Waals surface area contributed by atoms with Crippen LogP contribution in [0.4, 0.5) is 4.39 Å². The Morgan fingerprint density at radius 2 is 1.81 bits per heavy atom. The summed E-state index contributed by atoms with van der Waals surface area (Å²) in [5.74, 6) is 0.815. The molecule has 2 bridgehead atoms. The average Bonchev–Trinajstić information content (AvgIpc) is 2.86. The Hall–Kier alpha value is -1.13. The first-order chi connectivity index (χ1) is 12.0. The summed E-state index contributed by atoms with van der Waals surface area (Å²) in [7, 11) is 0. The fourth-order valence-electron chi connectivity index (χ4n) is 5.39. The van der Waals surface area contributed by atoms with E-state index in [-0.39, 0.29) is 30.2 Å². The molecule has 4 rings (SSSR count). The molecule has 2 heterocycles. The number of carbonyl (C=O) groups is 1. The maximum absolute atomic E-state index is 13.6. The molecule has 26 heavy (non-hydrogen) atoms. The Morgan fingerprint density at radius 3 is 2.42 bits per heavy atom. The molecule has 1 amide bonds. The van der Waals surface area contributed by atoms with Crippen LogP contribution in [0.1, 0.15) is 68.4 Å². The molecule has 2 saturated heterocycles. The number of nitrogens with zero attached hydrogens (tertiary/aromatic N) is 1. The van der Waals surface area contributed by atoms with Crippen molar-refractivity contribution >= 4 is 18.3 Å². The van der Waals surface area contributed by atoms with Gasteiger partial charge in [0.15, 0.2) is 0 Å². The zero-order valence-electron chi connectivity index (χ0n) is 15.5. The molecule has 1 aromatic carbocycles. The van der Waals surface area contributed by atoms with Gasteiger partial charge in [-0.05, 0) is 75.0 Å². The monoisotopic (exact) mass is 380 g/mol. The summed E-state index contributed by atoms with van der Waals surface area (Å²) in [6.45, 7) is 1.83. The van der Waals surface area contributed by atoms with Crippen molar-refractivity contribution in [3.63, 3.8) is 0 Å². The van der Waals surface area contributed by atoms with Gasteiger partial charge in [0.05, 0.1) is 0 Å². The summed E-state index contributed by atoms with van der Waals surface area (Å²) < 4.78 is 13.6. The van der Waals surface area contributed by atoms with Gasteiger partial charge in [0.1, 0.15) is 5.82 Å². The summed E-state index contributed by atoms with van der Waals surface area (Å²) in [4.78, 5) is 15.3. The molecule has 0 aromatic heterocycles.